The quantitative estimate of drug-likeness (QED) is 0.336. The fourth-order valence-corrected chi connectivity index (χ4v) is 7.59. The van der Waals surface area contributed by atoms with Crippen LogP contribution in [0.4, 0.5) is 0 Å². The van der Waals surface area contributed by atoms with Gasteiger partial charge in [0.2, 0.25) is 0 Å². The van der Waals surface area contributed by atoms with Crippen LogP contribution in [0.3, 0.4) is 0 Å². The van der Waals surface area contributed by atoms with Crippen molar-refractivity contribution in [3.8, 4) is 0 Å². The van der Waals surface area contributed by atoms with Crippen molar-refractivity contribution in [2.45, 2.75) is 110 Å². The van der Waals surface area contributed by atoms with Gasteiger partial charge in [-0.25, -0.2) is 0 Å². The maximum absolute atomic E-state index is 7.10. The van der Waals surface area contributed by atoms with Crippen molar-refractivity contribution in [3.63, 3.8) is 0 Å². The Balaban J connectivity index is 2.16. The van der Waals surface area contributed by atoms with Crippen LogP contribution in [0.2, 0.25) is 0 Å². The minimum Gasteiger partial charge on any atom is -0.335 e. The van der Waals surface area contributed by atoms with Gasteiger partial charge in [0.1, 0.15) is 5.60 Å². The number of benzene rings is 2. The van der Waals surface area contributed by atoms with Crippen molar-refractivity contribution in [1.82, 2.24) is 0 Å². The molecular formula is C33H50O4P2. The summed E-state index contributed by atoms with van der Waals surface area (Å²) in [4.78, 5) is 0. The molecule has 216 valence electrons. The molecule has 1 atom stereocenters. The van der Waals surface area contributed by atoms with E-state index in [1.54, 1.807) is 0 Å². The van der Waals surface area contributed by atoms with Crippen molar-refractivity contribution >= 4 is 18.1 Å². The predicted octanol–water partition coefficient (Wildman–Crippen LogP) is 9.22. The van der Waals surface area contributed by atoms with Gasteiger partial charge < -0.3 is 18.1 Å². The van der Waals surface area contributed by atoms with Gasteiger partial charge in [-0.1, -0.05) is 119 Å². The van der Waals surface area contributed by atoms with E-state index in [0.717, 1.165) is 0 Å². The normalized spacial score (nSPS) is 24.0. The SMILES string of the molecule is CC(C)(C)c1ccc(C2(c3ccc(C(C)(C)C)cc3C(C)(C)C)OPOCC23COPOC3)c(C(C)(C)C)c1. The van der Waals surface area contributed by atoms with Gasteiger partial charge in [0, 0.05) is 0 Å². The molecule has 6 heteroatoms. The number of hydrogen-bond acceptors (Lipinski definition) is 4. The summed E-state index contributed by atoms with van der Waals surface area (Å²) in [6.07, 6.45) is 0. The Morgan fingerprint density at radius 3 is 1.28 bits per heavy atom. The van der Waals surface area contributed by atoms with Crippen LogP contribution in [0.5, 0.6) is 0 Å². The molecule has 4 rings (SSSR count). The van der Waals surface area contributed by atoms with Crippen molar-refractivity contribution in [3.05, 3.63) is 69.8 Å². The molecule has 2 aromatic carbocycles. The first-order valence-corrected chi connectivity index (χ1v) is 15.8. The second-order valence-electron chi connectivity index (χ2n) is 15.6. The largest absolute Gasteiger partial charge is 0.335 e. The summed E-state index contributed by atoms with van der Waals surface area (Å²) >= 11 is 0. The molecule has 4 nitrogen and oxygen atoms in total. The highest BCUT2D eigenvalue weighted by Gasteiger charge is 2.61. The summed E-state index contributed by atoms with van der Waals surface area (Å²) in [5.74, 6) is 0. The summed E-state index contributed by atoms with van der Waals surface area (Å²) in [6, 6.07) is 14.1. The molecule has 0 saturated carbocycles. The van der Waals surface area contributed by atoms with Gasteiger partial charge in [-0.2, -0.15) is 0 Å². The zero-order valence-electron chi connectivity index (χ0n) is 26.2. The molecule has 0 aliphatic carbocycles. The summed E-state index contributed by atoms with van der Waals surface area (Å²) in [5, 5.41) is 0. The zero-order valence-corrected chi connectivity index (χ0v) is 28.2. The minimum absolute atomic E-state index is 0.0325. The molecule has 1 unspecified atom stereocenters. The third-order valence-electron chi connectivity index (χ3n) is 8.31. The average molecular weight is 573 g/mol. The molecule has 1 spiro atoms. The van der Waals surface area contributed by atoms with Gasteiger partial charge in [0.25, 0.3) is 0 Å². The Kier molecular flexibility index (Phi) is 8.33. The van der Waals surface area contributed by atoms with Crippen LogP contribution in [0.25, 0.3) is 0 Å². The first kappa shape index (κ1) is 31.1. The van der Waals surface area contributed by atoms with E-state index in [1.165, 1.54) is 33.4 Å². The maximum Gasteiger partial charge on any atom is 0.156 e. The van der Waals surface area contributed by atoms with Gasteiger partial charge in [-0.3, -0.25) is 0 Å². The first-order chi connectivity index (χ1) is 17.8. The molecule has 2 aliphatic heterocycles. The molecule has 0 amide bonds. The van der Waals surface area contributed by atoms with Crippen molar-refractivity contribution < 1.29 is 18.1 Å². The van der Waals surface area contributed by atoms with Gasteiger partial charge >= 0.3 is 0 Å². The van der Waals surface area contributed by atoms with Gasteiger partial charge in [-0.15, -0.1) is 0 Å². The van der Waals surface area contributed by atoms with E-state index >= 15 is 0 Å². The molecule has 2 saturated heterocycles. The van der Waals surface area contributed by atoms with E-state index in [2.05, 4.69) is 119 Å². The average Bonchev–Trinajstić information content (AvgIpc) is 2.82. The van der Waals surface area contributed by atoms with E-state index in [-0.39, 0.29) is 39.7 Å². The third-order valence-corrected chi connectivity index (χ3v) is 9.49. The van der Waals surface area contributed by atoms with Gasteiger partial charge in [-0.05, 0) is 55.0 Å². The molecule has 2 aromatic rings. The smallest absolute Gasteiger partial charge is 0.156 e. The van der Waals surface area contributed by atoms with E-state index < -0.39 is 11.0 Å². The fourth-order valence-electron chi connectivity index (χ4n) is 5.88. The Hall–Kier alpha value is -0.860. The highest BCUT2D eigenvalue weighted by molar-refractivity contribution is 7.26. The molecule has 0 aromatic heterocycles. The monoisotopic (exact) mass is 572 g/mol. The molecule has 2 fully saturated rings. The Bertz CT molecular complexity index is 1100. The molecule has 0 bridgehead atoms. The highest BCUT2D eigenvalue weighted by Crippen LogP contribution is 2.61. The van der Waals surface area contributed by atoms with Crippen LogP contribution in [0.1, 0.15) is 116 Å². The van der Waals surface area contributed by atoms with Crippen molar-refractivity contribution in [1.29, 1.82) is 0 Å². The summed E-state index contributed by atoms with van der Waals surface area (Å²) in [5.41, 5.74) is 6.16. The van der Waals surface area contributed by atoms with Crippen LogP contribution >= 0.6 is 18.1 Å². The second kappa shape index (κ2) is 10.4. The minimum atomic E-state index is -0.799. The van der Waals surface area contributed by atoms with Crippen LogP contribution in [-0.4, -0.2) is 19.8 Å². The fraction of sp³-hybridized carbons (Fsp3) is 0.636. The number of rotatable bonds is 2. The van der Waals surface area contributed by atoms with E-state index in [0.29, 0.717) is 19.8 Å². The van der Waals surface area contributed by atoms with Crippen LogP contribution < -0.4 is 0 Å². The summed E-state index contributed by atoms with van der Waals surface area (Å²) in [7, 11) is -0.0383. The molecule has 0 N–H and O–H groups in total. The van der Waals surface area contributed by atoms with Gasteiger partial charge in [0.05, 0.1) is 25.2 Å². The van der Waals surface area contributed by atoms with E-state index in [1.807, 2.05) is 0 Å². The van der Waals surface area contributed by atoms with Gasteiger partial charge in [0.15, 0.2) is 18.1 Å². The van der Waals surface area contributed by atoms with E-state index in [4.69, 9.17) is 18.1 Å². The van der Waals surface area contributed by atoms with Crippen molar-refractivity contribution in [2.24, 2.45) is 5.41 Å². The predicted molar refractivity (Wildman–Crippen MR) is 166 cm³/mol. The lowest BCUT2D eigenvalue weighted by Crippen LogP contribution is -2.59. The Morgan fingerprint density at radius 2 is 0.923 bits per heavy atom. The van der Waals surface area contributed by atoms with Crippen LogP contribution in [0.15, 0.2) is 36.4 Å². The van der Waals surface area contributed by atoms with Crippen LogP contribution in [0, 0.1) is 5.41 Å². The lowest BCUT2D eigenvalue weighted by molar-refractivity contribution is -0.142. The Labute approximate surface area is 241 Å². The third kappa shape index (κ3) is 5.77. The maximum atomic E-state index is 7.10. The highest BCUT2D eigenvalue weighted by atomic mass is 31.1. The number of hydrogen-bond donors (Lipinski definition) is 0. The van der Waals surface area contributed by atoms with Crippen LogP contribution in [-0.2, 0) is 45.4 Å². The zero-order chi connectivity index (χ0) is 29.1. The molecule has 2 heterocycles. The molecule has 39 heavy (non-hydrogen) atoms. The topological polar surface area (TPSA) is 36.9 Å². The molecule has 2 aliphatic rings. The standard InChI is InChI=1S/C33H50O4P2/c1-28(2,3)22-13-15-24(26(17-22)30(7,8)9)33(32(21-36-39-37-33)19-34-38-35-20-32)25-16-14-23(29(4,5)6)18-27(25)31(10,11)12/h13-18,38-39H,19-21H2,1-12H3. The lowest BCUT2D eigenvalue weighted by Gasteiger charge is -2.55. The summed E-state index contributed by atoms with van der Waals surface area (Å²) in [6.45, 7) is 29.1. The van der Waals surface area contributed by atoms with E-state index in [9.17, 15) is 0 Å². The first-order valence-electron chi connectivity index (χ1n) is 14.2. The summed E-state index contributed by atoms with van der Waals surface area (Å²) < 4.78 is 25.5. The Morgan fingerprint density at radius 1 is 0.538 bits per heavy atom. The van der Waals surface area contributed by atoms with Crippen molar-refractivity contribution in [2.75, 3.05) is 19.8 Å². The molecule has 0 radical (unpaired) electrons. The molecular weight excluding hydrogens is 522 g/mol. The second-order valence-corrected chi connectivity index (χ2v) is 17.0. The lowest BCUT2D eigenvalue weighted by atomic mass is 9.60.